The second-order valence-electron chi connectivity index (χ2n) is 15.9. The number of hydrogen-bond donors (Lipinski definition) is 1. The van der Waals surface area contributed by atoms with Crippen molar-refractivity contribution in [2.24, 2.45) is 0 Å². The monoisotopic (exact) mass is 834 g/mol. The number of halogens is 1. The van der Waals surface area contributed by atoms with E-state index in [9.17, 15) is 14.7 Å². The molecule has 0 saturated heterocycles. The van der Waals surface area contributed by atoms with Crippen molar-refractivity contribution in [3.8, 4) is 23.0 Å². The maximum absolute atomic E-state index is 12.4. The number of benzene rings is 2. The number of esters is 2. The molecule has 4 rings (SSSR count). The van der Waals surface area contributed by atoms with Crippen LogP contribution < -0.4 is 18.9 Å². The van der Waals surface area contributed by atoms with Crippen LogP contribution in [0.1, 0.15) is 75.4 Å². The zero-order valence-electron chi connectivity index (χ0n) is 33.3. The fraction of sp³-hybridized carbons (Fsp3) is 0.561. The van der Waals surface area contributed by atoms with Gasteiger partial charge >= 0.3 is 11.9 Å². The van der Waals surface area contributed by atoms with Crippen LogP contribution in [0, 0.1) is 13.8 Å². The molecule has 2 heterocycles. The van der Waals surface area contributed by atoms with E-state index in [4.69, 9.17) is 28.4 Å². The molecule has 0 spiro atoms. The summed E-state index contributed by atoms with van der Waals surface area (Å²) < 4.78 is 34.3. The Bertz CT molecular complexity index is 1560. The van der Waals surface area contributed by atoms with E-state index in [0.29, 0.717) is 48.7 Å². The zero-order valence-corrected chi connectivity index (χ0v) is 36.9. The van der Waals surface area contributed by atoms with Crippen LogP contribution in [0.4, 0.5) is 0 Å². The molecule has 2 aromatic rings. The number of ether oxygens (including phenoxy) is 6. The SMILES string of the molecule is C.COc1c(C)c2c(c(OCC[Si](C)(C)C)c1C/C=C(\C)CBr)C(=O)OC2.COc1c(C)c2c(c(OCC[Si](C)(C)C)c1C/C=C(\C)CO)C(=O)OC2. The van der Waals surface area contributed by atoms with Crippen LogP contribution in [0.3, 0.4) is 0 Å². The van der Waals surface area contributed by atoms with Crippen LogP contribution in [-0.4, -0.2) is 72.6 Å². The number of rotatable bonds is 16. The lowest BCUT2D eigenvalue weighted by atomic mass is 9.95. The molecule has 0 unspecified atom stereocenters. The first-order valence-corrected chi connectivity index (χ1v) is 26.4. The highest BCUT2D eigenvalue weighted by Gasteiger charge is 2.34. The van der Waals surface area contributed by atoms with E-state index in [-0.39, 0.29) is 39.2 Å². The third-order valence-electron chi connectivity index (χ3n) is 9.22. The van der Waals surface area contributed by atoms with E-state index < -0.39 is 16.1 Å². The molecule has 0 fully saturated rings. The van der Waals surface area contributed by atoms with E-state index >= 15 is 0 Å². The Morgan fingerprint density at radius 1 is 0.717 bits per heavy atom. The molecule has 0 saturated carbocycles. The summed E-state index contributed by atoms with van der Waals surface area (Å²) in [5.41, 5.74) is 8.58. The van der Waals surface area contributed by atoms with Gasteiger partial charge in [0.25, 0.3) is 0 Å². The van der Waals surface area contributed by atoms with Crippen molar-refractivity contribution in [2.75, 3.05) is 39.4 Å². The van der Waals surface area contributed by atoms with Gasteiger partial charge in [-0.15, -0.1) is 0 Å². The second-order valence-corrected chi connectivity index (χ2v) is 27.7. The predicted molar refractivity (Wildman–Crippen MR) is 224 cm³/mol. The Morgan fingerprint density at radius 2 is 1.09 bits per heavy atom. The summed E-state index contributed by atoms with van der Waals surface area (Å²) in [6.07, 6.45) is 5.27. The van der Waals surface area contributed by atoms with Gasteiger partial charge in [0.15, 0.2) is 0 Å². The van der Waals surface area contributed by atoms with Crippen LogP contribution in [0.5, 0.6) is 23.0 Å². The van der Waals surface area contributed by atoms with Gasteiger partial charge in [0.2, 0.25) is 0 Å². The largest absolute Gasteiger partial charge is 0.496 e. The van der Waals surface area contributed by atoms with Crippen LogP contribution in [-0.2, 0) is 35.5 Å². The summed E-state index contributed by atoms with van der Waals surface area (Å²) >= 11 is 3.48. The number of fused-ring (bicyclic) bond motifs is 2. The van der Waals surface area contributed by atoms with E-state index in [0.717, 1.165) is 67.9 Å². The highest BCUT2D eigenvalue weighted by atomic mass is 79.9. The zero-order chi connectivity index (χ0) is 39.0. The molecule has 0 bridgehead atoms. The van der Waals surface area contributed by atoms with Crippen LogP contribution in [0.15, 0.2) is 23.3 Å². The van der Waals surface area contributed by atoms with Crippen LogP contribution >= 0.6 is 15.9 Å². The molecule has 0 aromatic heterocycles. The average Bonchev–Trinajstić information content (AvgIpc) is 3.66. The number of carbonyl (C=O) groups excluding carboxylic acids is 2. The first-order valence-electron chi connectivity index (χ1n) is 17.9. The third-order valence-corrected chi connectivity index (χ3v) is 13.5. The molecule has 0 amide bonds. The van der Waals surface area contributed by atoms with Crippen molar-refractivity contribution >= 4 is 44.0 Å². The quantitative estimate of drug-likeness (QED) is 0.0765. The molecular weight excluding hydrogens is 773 g/mol. The normalized spacial score (nSPS) is 14.0. The lowest BCUT2D eigenvalue weighted by Gasteiger charge is -2.21. The first-order chi connectivity index (χ1) is 24.4. The molecule has 2 aliphatic heterocycles. The highest BCUT2D eigenvalue weighted by molar-refractivity contribution is 9.09. The molecule has 0 atom stereocenters. The molecule has 1 N–H and O–H groups in total. The average molecular weight is 836 g/mol. The van der Waals surface area contributed by atoms with Gasteiger partial charge in [-0.3, -0.25) is 0 Å². The summed E-state index contributed by atoms with van der Waals surface area (Å²) in [5.74, 6) is 2.11. The predicted octanol–water partition coefficient (Wildman–Crippen LogP) is 9.78. The Hall–Kier alpha value is -3.07. The molecule has 12 heteroatoms. The van der Waals surface area contributed by atoms with E-state index in [1.807, 2.05) is 26.8 Å². The van der Waals surface area contributed by atoms with Gasteiger partial charge in [0.1, 0.15) is 47.3 Å². The number of aliphatic hydroxyl groups excluding tert-OH is 1. The highest BCUT2D eigenvalue weighted by Crippen LogP contribution is 2.44. The molecule has 2 aromatic carbocycles. The van der Waals surface area contributed by atoms with Gasteiger partial charge in [-0.2, -0.15) is 0 Å². The van der Waals surface area contributed by atoms with Crippen molar-refractivity contribution in [2.45, 2.75) is 113 Å². The summed E-state index contributed by atoms with van der Waals surface area (Å²) in [6, 6.07) is 2.03. The first kappa shape index (κ1) is 46.1. The Labute approximate surface area is 328 Å². The van der Waals surface area contributed by atoms with Gasteiger partial charge in [-0.25, -0.2) is 9.59 Å². The molecule has 0 radical (unpaired) electrons. The molecule has 2 aliphatic rings. The van der Waals surface area contributed by atoms with Crippen molar-refractivity contribution in [1.29, 1.82) is 0 Å². The molecule has 53 heavy (non-hydrogen) atoms. The Balaban J connectivity index is 0.000000360. The summed E-state index contributed by atoms with van der Waals surface area (Å²) in [7, 11) is 0.799. The van der Waals surface area contributed by atoms with Crippen LogP contribution in [0.2, 0.25) is 51.4 Å². The van der Waals surface area contributed by atoms with E-state index in [2.05, 4.69) is 68.2 Å². The van der Waals surface area contributed by atoms with Gasteiger partial charge in [-0.05, 0) is 63.8 Å². The van der Waals surface area contributed by atoms with Gasteiger partial charge in [0.05, 0.1) is 34.0 Å². The molecular formula is C41H63BrO9Si2. The summed E-state index contributed by atoms with van der Waals surface area (Å²) in [6.45, 7) is 23.4. The number of carbonyl (C=O) groups is 2. The fourth-order valence-electron chi connectivity index (χ4n) is 5.93. The molecule has 9 nitrogen and oxygen atoms in total. The second kappa shape index (κ2) is 20.0. The molecule has 296 valence electrons. The van der Waals surface area contributed by atoms with Gasteiger partial charge in [0, 0.05) is 43.7 Å². The van der Waals surface area contributed by atoms with Gasteiger partial charge in [-0.1, -0.05) is 85.9 Å². The minimum atomic E-state index is -1.26. The lowest BCUT2D eigenvalue weighted by Crippen LogP contribution is -2.23. The number of methoxy groups -OCH3 is 2. The maximum Gasteiger partial charge on any atom is 0.342 e. The Kier molecular flexibility index (Phi) is 17.4. The minimum Gasteiger partial charge on any atom is -0.496 e. The van der Waals surface area contributed by atoms with Crippen molar-refractivity contribution in [1.82, 2.24) is 0 Å². The van der Waals surface area contributed by atoms with Crippen molar-refractivity contribution < 1.29 is 43.1 Å². The lowest BCUT2D eigenvalue weighted by molar-refractivity contribution is 0.0522. The number of allylic oxidation sites excluding steroid dienone is 3. The fourth-order valence-corrected chi connectivity index (χ4v) is 7.59. The number of hydrogen-bond acceptors (Lipinski definition) is 9. The summed E-state index contributed by atoms with van der Waals surface area (Å²) in [5, 5.41) is 10.1. The number of aliphatic hydroxyl groups is 1. The minimum absolute atomic E-state index is 0. The van der Waals surface area contributed by atoms with Gasteiger partial charge < -0.3 is 33.5 Å². The van der Waals surface area contributed by atoms with E-state index in [1.165, 1.54) is 5.57 Å². The Morgan fingerprint density at radius 3 is 1.42 bits per heavy atom. The van der Waals surface area contributed by atoms with E-state index in [1.54, 1.807) is 14.2 Å². The van der Waals surface area contributed by atoms with Crippen molar-refractivity contribution in [3.63, 3.8) is 0 Å². The topological polar surface area (TPSA) is 110 Å². The maximum atomic E-state index is 12.4. The number of alkyl halides is 1. The third kappa shape index (κ3) is 12.0. The number of cyclic esters (lactones) is 2. The summed E-state index contributed by atoms with van der Waals surface area (Å²) in [4.78, 5) is 24.7. The smallest absolute Gasteiger partial charge is 0.342 e. The molecule has 0 aliphatic carbocycles. The standard InChI is InChI=1S/C20H29BrO4Si.C20H30O5Si.CH4/c2*1-13(11-21)7-8-15-18(23-3)14(2)16-12-25-20(22)17(16)19(15)24-9-10-26(4,5)6;/h7H,8-12H2,1-6H3;7,21H,8-12H2,1-6H3;1H4/b2*13-7+;. The van der Waals surface area contributed by atoms with Crippen molar-refractivity contribution in [3.05, 3.63) is 67.8 Å². The van der Waals surface area contributed by atoms with Crippen LogP contribution in [0.25, 0.3) is 0 Å².